The van der Waals surface area contributed by atoms with Crippen molar-refractivity contribution >= 4 is 27.3 Å². The lowest BCUT2D eigenvalue weighted by Crippen LogP contribution is -2.15. The highest BCUT2D eigenvalue weighted by Crippen LogP contribution is 2.29. The zero-order chi connectivity index (χ0) is 19.6. The number of nitrogens with zero attached hydrogens (tertiary/aromatic N) is 2. The van der Waals surface area contributed by atoms with E-state index in [1.54, 1.807) is 37.3 Å². The van der Waals surface area contributed by atoms with E-state index in [0.29, 0.717) is 17.3 Å². The van der Waals surface area contributed by atoms with E-state index in [4.69, 9.17) is 9.26 Å². The Balaban J connectivity index is 1.81. The monoisotopic (exact) mass is 388 g/mol. The number of methoxy groups -OCH3 is 1. The average molecular weight is 388 g/mol. The molecule has 0 fully saturated rings. The second-order valence-electron chi connectivity index (χ2n) is 6.07. The van der Waals surface area contributed by atoms with Gasteiger partial charge in [-0.2, -0.15) is 0 Å². The van der Waals surface area contributed by atoms with E-state index in [1.807, 2.05) is 13.8 Å². The standard InChI is InChI=1S/C18H20N4O4S/c1-11-7-15(25-4)16(8-12(11)2)27(23,24)22-17-6-5-14(10-19-17)20-18-9-13(3)26-21-18/h5-10H,1-4H3,(H,19,22)(H,20,21). The average Bonchev–Trinajstić information content (AvgIpc) is 3.03. The van der Waals surface area contributed by atoms with Gasteiger partial charge < -0.3 is 14.6 Å². The third-order valence-electron chi connectivity index (χ3n) is 3.97. The van der Waals surface area contributed by atoms with Crippen molar-refractivity contribution in [3.05, 3.63) is 53.4 Å². The van der Waals surface area contributed by atoms with Crippen molar-refractivity contribution in [2.24, 2.45) is 0 Å². The van der Waals surface area contributed by atoms with Crippen molar-refractivity contribution in [3.63, 3.8) is 0 Å². The molecule has 0 aliphatic rings. The van der Waals surface area contributed by atoms with Crippen LogP contribution in [0.15, 0.2) is 45.9 Å². The summed E-state index contributed by atoms with van der Waals surface area (Å²) in [6.45, 7) is 5.53. The van der Waals surface area contributed by atoms with Crippen LogP contribution in [0.5, 0.6) is 5.75 Å². The summed E-state index contributed by atoms with van der Waals surface area (Å²) in [6, 6.07) is 8.26. The lowest BCUT2D eigenvalue weighted by molar-refractivity contribution is 0.400. The summed E-state index contributed by atoms with van der Waals surface area (Å²) in [6.07, 6.45) is 1.50. The summed E-state index contributed by atoms with van der Waals surface area (Å²) in [5.41, 5.74) is 2.45. The molecule has 2 N–H and O–H groups in total. The Hall–Kier alpha value is -3.07. The highest BCUT2D eigenvalue weighted by Gasteiger charge is 2.21. The molecule has 0 aliphatic heterocycles. The van der Waals surface area contributed by atoms with E-state index in [-0.39, 0.29) is 16.5 Å². The molecule has 0 bridgehead atoms. The molecule has 142 valence electrons. The number of benzene rings is 1. The van der Waals surface area contributed by atoms with Crippen molar-refractivity contribution in [2.75, 3.05) is 17.1 Å². The van der Waals surface area contributed by atoms with Gasteiger partial charge in [0.15, 0.2) is 5.82 Å². The second kappa shape index (κ2) is 7.28. The van der Waals surface area contributed by atoms with Crippen LogP contribution in [0, 0.1) is 20.8 Å². The molecule has 2 heterocycles. The van der Waals surface area contributed by atoms with E-state index in [0.717, 1.165) is 11.1 Å². The predicted octanol–water partition coefficient (Wildman–Crippen LogP) is 3.55. The largest absolute Gasteiger partial charge is 0.495 e. The molecule has 0 saturated carbocycles. The molecule has 27 heavy (non-hydrogen) atoms. The second-order valence-corrected chi connectivity index (χ2v) is 7.72. The summed E-state index contributed by atoms with van der Waals surface area (Å²) < 4.78 is 38.2. The third-order valence-corrected chi connectivity index (χ3v) is 5.35. The maximum atomic E-state index is 12.8. The molecule has 1 aromatic carbocycles. The van der Waals surface area contributed by atoms with Gasteiger partial charge in [-0.15, -0.1) is 0 Å². The number of ether oxygens (including phenoxy) is 1. The number of aryl methyl sites for hydroxylation is 3. The van der Waals surface area contributed by atoms with E-state index in [1.165, 1.54) is 13.3 Å². The topological polar surface area (TPSA) is 106 Å². The number of nitrogens with one attached hydrogen (secondary N) is 2. The SMILES string of the molecule is COc1cc(C)c(C)cc1S(=O)(=O)Nc1ccc(Nc2cc(C)on2)cn1. The van der Waals surface area contributed by atoms with Gasteiger partial charge in [0.1, 0.15) is 22.2 Å². The summed E-state index contributed by atoms with van der Waals surface area (Å²) in [4.78, 5) is 4.20. The van der Waals surface area contributed by atoms with Crippen molar-refractivity contribution in [3.8, 4) is 5.75 Å². The van der Waals surface area contributed by atoms with E-state index in [9.17, 15) is 8.42 Å². The van der Waals surface area contributed by atoms with Crippen LogP contribution in [0.2, 0.25) is 0 Å². The Bertz CT molecular complexity index is 1060. The third kappa shape index (κ3) is 4.20. The minimum Gasteiger partial charge on any atom is -0.495 e. The van der Waals surface area contributed by atoms with Crippen molar-refractivity contribution < 1.29 is 17.7 Å². The van der Waals surface area contributed by atoms with Crippen LogP contribution in [0.25, 0.3) is 0 Å². The Morgan fingerprint density at radius 1 is 1.04 bits per heavy atom. The minimum absolute atomic E-state index is 0.0650. The molecular weight excluding hydrogens is 368 g/mol. The van der Waals surface area contributed by atoms with Crippen LogP contribution in [0.3, 0.4) is 0 Å². The maximum absolute atomic E-state index is 12.8. The molecule has 0 amide bonds. The normalized spacial score (nSPS) is 11.3. The van der Waals surface area contributed by atoms with Gasteiger partial charge in [0, 0.05) is 6.07 Å². The molecule has 0 saturated heterocycles. The molecule has 0 radical (unpaired) electrons. The summed E-state index contributed by atoms with van der Waals surface area (Å²) >= 11 is 0. The van der Waals surface area contributed by atoms with Gasteiger partial charge in [0.25, 0.3) is 10.0 Å². The molecule has 8 nitrogen and oxygen atoms in total. The molecule has 9 heteroatoms. The van der Waals surface area contributed by atoms with Gasteiger partial charge in [0.2, 0.25) is 0 Å². The lowest BCUT2D eigenvalue weighted by atomic mass is 10.1. The fourth-order valence-corrected chi connectivity index (χ4v) is 3.67. The minimum atomic E-state index is -3.85. The zero-order valence-corrected chi connectivity index (χ0v) is 16.2. The van der Waals surface area contributed by atoms with Crippen molar-refractivity contribution in [2.45, 2.75) is 25.7 Å². The Kier molecular flexibility index (Phi) is 5.04. The van der Waals surface area contributed by atoms with Crippen molar-refractivity contribution in [1.82, 2.24) is 10.1 Å². The Morgan fingerprint density at radius 3 is 2.37 bits per heavy atom. The highest BCUT2D eigenvalue weighted by atomic mass is 32.2. The molecule has 3 rings (SSSR count). The Labute approximate surface area is 157 Å². The zero-order valence-electron chi connectivity index (χ0n) is 15.4. The van der Waals surface area contributed by atoms with E-state index in [2.05, 4.69) is 20.2 Å². The number of aromatic nitrogens is 2. The first-order valence-electron chi connectivity index (χ1n) is 8.13. The molecule has 0 spiro atoms. The first kappa shape index (κ1) is 18.7. The first-order valence-corrected chi connectivity index (χ1v) is 9.61. The van der Waals surface area contributed by atoms with Crippen molar-refractivity contribution in [1.29, 1.82) is 0 Å². The van der Waals surface area contributed by atoms with Gasteiger partial charge in [-0.1, -0.05) is 5.16 Å². The van der Waals surface area contributed by atoms with Gasteiger partial charge in [-0.25, -0.2) is 13.4 Å². The molecule has 0 aliphatic carbocycles. The number of sulfonamides is 1. The predicted molar refractivity (Wildman–Crippen MR) is 102 cm³/mol. The summed E-state index contributed by atoms with van der Waals surface area (Å²) in [5.74, 6) is 1.70. The highest BCUT2D eigenvalue weighted by molar-refractivity contribution is 7.92. The lowest BCUT2D eigenvalue weighted by Gasteiger charge is -2.13. The van der Waals surface area contributed by atoms with E-state index < -0.39 is 10.0 Å². The quantitative estimate of drug-likeness (QED) is 0.665. The van der Waals surface area contributed by atoms with Gasteiger partial charge in [-0.3, -0.25) is 4.72 Å². The summed E-state index contributed by atoms with van der Waals surface area (Å²) in [5, 5.41) is 6.84. The first-order chi connectivity index (χ1) is 12.8. The molecule has 0 atom stereocenters. The van der Waals surface area contributed by atoms with Crippen LogP contribution < -0.4 is 14.8 Å². The fourth-order valence-electron chi connectivity index (χ4n) is 2.43. The summed E-state index contributed by atoms with van der Waals surface area (Å²) in [7, 11) is -2.41. The number of pyridine rings is 1. The van der Waals surface area contributed by atoms with Crippen LogP contribution in [0.1, 0.15) is 16.9 Å². The molecule has 3 aromatic rings. The van der Waals surface area contributed by atoms with Crippen LogP contribution in [0.4, 0.5) is 17.3 Å². The maximum Gasteiger partial charge on any atom is 0.266 e. The Morgan fingerprint density at radius 2 is 1.78 bits per heavy atom. The smallest absolute Gasteiger partial charge is 0.266 e. The van der Waals surface area contributed by atoms with Crippen LogP contribution in [-0.2, 0) is 10.0 Å². The number of rotatable bonds is 6. The molecule has 0 unspecified atom stereocenters. The van der Waals surface area contributed by atoms with Crippen LogP contribution >= 0.6 is 0 Å². The molecule has 2 aromatic heterocycles. The van der Waals surface area contributed by atoms with Crippen LogP contribution in [-0.4, -0.2) is 25.7 Å². The fraction of sp³-hybridized carbons (Fsp3) is 0.222. The van der Waals surface area contributed by atoms with E-state index >= 15 is 0 Å². The van der Waals surface area contributed by atoms with Gasteiger partial charge in [0.05, 0.1) is 19.0 Å². The number of anilines is 3. The number of hydrogen-bond acceptors (Lipinski definition) is 7. The van der Waals surface area contributed by atoms with Gasteiger partial charge in [-0.05, 0) is 56.2 Å². The molecular formula is C18H20N4O4S. The van der Waals surface area contributed by atoms with Gasteiger partial charge >= 0.3 is 0 Å². The number of hydrogen-bond donors (Lipinski definition) is 2.